The topological polar surface area (TPSA) is 127 Å². The Morgan fingerprint density at radius 2 is 1.72 bits per heavy atom. The zero-order valence-electron chi connectivity index (χ0n) is 16.0. The van der Waals surface area contributed by atoms with Gasteiger partial charge in [-0.3, -0.25) is 24.3 Å². The Labute approximate surface area is 223 Å². The molecule has 2 bridgehead atoms. The van der Waals surface area contributed by atoms with Crippen molar-refractivity contribution >= 4 is 95.7 Å². The summed E-state index contributed by atoms with van der Waals surface area (Å²) in [6, 6.07) is 3.49. The molecule has 176 valence electrons. The number of carbonyl (C=O) groups is 3. The minimum absolute atomic E-state index is 0.220. The monoisotopic (exact) mass is 809 g/mol. The molecule has 1 aromatic carbocycles. The number of nitrogens with one attached hydrogen (secondary N) is 1. The number of ether oxygens (including phenoxy) is 1. The molecular weight excluding hydrogens is 793 g/mol. The van der Waals surface area contributed by atoms with E-state index in [4.69, 9.17) is 4.55 Å². The molecule has 0 saturated heterocycles. The maximum Gasteiger partial charge on any atom is 0.402 e. The lowest BCUT2D eigenvalue weighted by atomic mass is 9.78. The van der Waals surface area contributed by atoms with Gasteiger partial charge in [-0.1, -0.05) is 0 Å². The largest absolute Gasteiger partial charge is 0.458 e. The summed E-state index contributed by atoms with van der Waals surface area (Å²) < 4.78 is 63.7. The van der Waals surface area contributed by atoms with Gasteiger partial charge in [-0.2, -0.15) is 17.2 Å². The molecule has 14 heteroatoms. The van der Waals surface area contributed by atoms with E-state index in [1.807, 2.05) is 51.2 Å². The highest BCUT2D eigenvalue weighted by Crippen LogP contribution is 2.53. The van der Waals surface area contributed by atoms with E-state index in [9.17, 15) is 31.6 Å². The smallest absolute Gasteiger partial charge is 0.402 e. The van der Waals surface area contributed by atoms with Gasteiger partial charge in [0.05, 0.1) is 17.4 Å². The van der Waals surface area contributed by atoms with Crippen LogP contribution in [0.15, 0.2) is 12.1 Å². The summed E-state index contributed by atoms with van der Waals surface area (Å²) >= 11 is 6.11. The molecule has 0 aromatic heterocycles. The predicted molar refractivity (Wildman–Crippen MR) is 132 cm³/mol. The van der Waals surface area contributed by atoms with E-state index in [0.717, 1.165) is 7.14 Å². The Morgan fingerprint density at radius 1 is 1.12 bits per heavy atom. The highest BCUT2D eigenvalue weighted by molar-refractivity contribution is 14.1. The molecule has 1 aromatic rings. The molecule has 2 fully saturated rings. The second-order valence-corrected chi connectivity index (χ2v) is 12.7. The summed E-state index contributed by atoms with van der Waals surface area (Å²) in [7, 11) is -5.76. The van der Waals surface area contributed by atoms with Crippen LogP contribution in [-0.4, -0.2) is 42.6 Å². The van der Waals surface area contributed by atoms with Crippen molar-refractivity contribution in [2.45, 2.75) is 24.5 Å². The maximum atomic E-state index is 13.4. The molecule has 2 amide bonds. The van der Waals surface area contributed by atoms with Crippen LogP contribution in [0.1, 0.15) is 29.6 Å². The number of esters is 1. The molecule has 4 atom stereocenters. The summed E-state index contributed by atoms with van der Waals surface area (Å²) in [5, 5.41) is -2.34. The van der Waals surface area contributed by atoms with Crippen LogP contribution in [0, 0.1) is 34.4 Å². The third kappa shape index (κ3) is 5.37. The third-order valence-corrected chi connectivity index (χ3v) is 10.3. The lowest BCUT2D eigenvalue weighted by Gasteiger charge is -2.28. The molecule has 2 aliphatic carbocycles. The minimum Gasteiger partial charge on any atom is -0.458 e. The molecular formula is C18H16F2I3NO7S. The summed E-state index contributed by atoms with van der Waals surface area (Å²) in [6.45, 7) is -1.86. The first-order chi connectivity index (χ1) is 14.7. The first-order valence-corrected chi connectivity index (χ1v) is 13.9. The average molecular weight is 809 g/mol. The number of rotatable bonds is 6. The van der Waals surface area contributed by atoms with Crippen molar-refractivity contribution in [3.05, 3.63) is 28.4 Å². The van der Waals surface area contributed by atoms with Gasteiger partial charge >= 0.3 is 21.3 Å². The second-order valence-electron chi connectivity index (χ2n) is 7.67. The Hall–Kier alpha value is -0.210. The van der Waals surface area contributed by atoms with Crippen molar-refractivity contribution in [2.24, 2.45) is 23.7 Å². The fraction of sp³-hybridized carbons (Fsp3) is 0.500. The summed E-state index contributed by atoms with van der Waals surface area (Å²) in [6.07, 6.45) is 1.73. The van der Waals surface area contributed by atoms with Crippen LogP contribution in [0.4, 0.5) is 8.78 Å². The molecule has 8 nitrogen and oxygen atoms in total. The molecule has 0 spiro atoms. The van der Waals surface area contributed by atoms with Gasteiger partial charge in [0.1, 0.15) is 0 Å². The van der Waals surface area contributed by atoms with Gasteiger partial charge in [0.15, 0.2) is 6.61 Å². The average Bonchev–Trinajstić information content (AvgIpc) is 3.29. The van der Waals surface area contributed by atoms with Crippen LogP contribution in [0.25, 0.3) is 0 Å². The first kappa shape index (κ1) is 26.4. The predicted octanol–water partition coefficient (Wildman–Crippen LogP) is 3.44. The fourth-order valence-corrected chi connectivity index (χ4v) is 6.93. The zero-order valence-corrected chi connectivity index (χ0v) is 23.3. The van der Waals surface area contributed by atoms with E-state index in [1.165, 1.54) is 0 Å². The standard InChI is InChI=1S/C18H16F2I3NO7S/c19-18(20,32(28,29)30)6-31-17(27)13-8-2-1-7(3-8)12(13)16(26)24-15(25)10-4-9(21)5-11(22)14(10)23/h4-5,7-8,12-13H,1-3,6H2,(H,24,25,26)(H,28,29,30). The van der Waals surface area contributed by atoms with Crippen molar-refractivity contribution in [1.82, 2.24) is 5.32 Å². The molecule has 2 aliphatic rings. The maximum absolute atomic E-state index is 13.4. The van der Waals surface area contributed by atoms with Gasteiger partial charge in [-0.25, -0.2) is 0 Å². The molecule has 0 heterocycles. The number of alkyl halides is 2. The molecule has 4 unspecified atom stereocenters. The van der Waals surface area contributed by atoms with Crippen LogP contribution in [-0.2, 0) is 24.4 Å². The van der Waals surface area contributed by atoms with Gasteiger partial charge in [0, 0.05) is 10.7 Å². The highest BCUT2D eigenvalue weighted by atomic mass is 127. The van der Waals surface area contributed by atoms with Crippen molar-refractivity contribution < 1.29 is 40.9 Å². The number of halogens is 5. The molecule has 0 radical (unpaired) electrons. The molecule has 2 N–H and O–H groups in total. The van der Waals surface area contributed by atoms with E-state index >= 15 is 0 Å². The first-order valence-electron chi connectivity index (χ1n) is 9.24. The van der Waals surface area contributed by atoms with Gasteiger partial charge < -0.3 is 4.74 Å². The second kappa shape index (κ2) is 9.80. The quantitative estimate of drug-likeness (QED) is 0.148. The number of hydrogen-bond acceptors (Lipinski definition) is 6. The lowest BCUT2D eigenvalue weighted by molar-refractivity contribution is -0.160. The lowest BCUT2D eigenvalue weighted by Crippen LogP contribution is -2.45. The Bertz CT molecular complexity index is 1080. The van der Waals surface area contributed by atoms with E-state index in [1.54, 1.807) is 6.07 Å². The minimum atomic E-state index is -5.76. The number of benzene rings is 1. The molecule has 2 saturated carbocycles. The van der Waals surface area contributed by atoms with Gasteiger partial charge in [-0.05, 0) is 111 Å². The summed E-state index contributed by atoms with van der Waals surface area (Å²) in [5.74, 6) is -5.03. The summed E-state index contributed by atoms with van der Waals surface area (Å²) in [5.41, 5.74) is 0.297. The third-order valence-electron chi connectivity index (χ3n) is 5.73. The zero-order chi connectivity index (χ0) is 24.0. The number of hydrogen-bond donors (Lipinski definition) is 2. The van der Waals surface area contributed by atoms with E-state index in [2.05, 4.69) is 32.6 Å². The SMILES string of the molecule is O=C(NC(=O)C1C2CCC(C2)C1C(=O)OCC(F)(F)S(=O)(=O)O)c1cc(I)cc(I)c1I. The van der Waals surface area contributed by atoms with Crippen molar-refractivity contribution in [3.8, 4) is 0 Å². The van der Waals surface area contributed by atoms with Crippen molar-refractivity contribution in [2.75, 3.05) is 6.61 Å². The number of amides is 2. The van der Waals surface area contributed by atoms with E-state index in [0.29, 0.717) is 28.4 Å². The Morgan fingerprint density at radius 3 is 2.31 bits per heavy atom. The fourth-order valence-electron chi connectivity index (χ4n) is 4.32. The van der Waals surface area contributed by atoms with Gasteiger partial charge in [-0.15, -0.1) is 0 Å². The van der Waals surface area contributed by atoms with Crippen LogP contribution in [0.5, 0.6) is 0 Å². The number of fused-ring (bicyclic) bond motifs is 2. The van der Waals surface area contributed by atoms with E-state index in [-0.39, 0.29) is 11.8 Å². The van der Waals surface area contributed by atoms with Crippen LogP contribution in [0.3, 0.4) is 0 Å². The normalized spacial score (nSPS) is 24.9. The van der Waals surface area contributed by atoms with Gasteiger partial charge in [0.25, 0.3) is 5.91 Å². The molecule has 3 rings (SSSR count). The Balaban J connectivity index is 1.75. The highest BCUT2D eigenvalue weighted by Gasteiger charge is 2.55. The Kier molecular flexibility index (Phi) is 8.09. The van der Waals surface area contributed by atoms with Crippen LogP contribution in [0.2, 0.25) is 0 Å². The van der Waals surface area contributed by atoms with Gasteiger partial charge in [0.2, 0.25) is 5.91 Å². The summed E-state index contributed by atoms with van der Waals surface area (Å²) in [4.78, 5) is 38.2. The number of imide groups is 1. The van der Waals surface area contributed by atoms with E-state index < -0.39 is 51.6 Å². The molecule has 0 aliphatic heterocycles. The van der Waals surface area contributed by atoms with Crippen molar-refractivity contribution in [1.29, 1.82) is 0 Å². The number of carbonyl (C=O) groups excluding carboxylic acids is 3. The van der Waals surface area contributed by atoms with Crippen LogP contribution < -0.4 is 5.32 Å². The van der Waals surface area contributed by atoms with Crippen molar-refractivity contribution in [3.63, 3.8) is 0 Å². The van der Waals surface area contributed by atoms with Crippen LogP contribution >= 0.6 is 67.8 Å². The molecule has 32 heavy (non-hydrogen) atoms.